The van der Waals surface area contributed by atoms with Gasteiger partial charge in [-0.15, -0.1) is 0 Å². The summed E-state index contributed by atoms with van der Waals surface area (Å²) in [7, 11) is 0. The van der Waals surface area contributed by atoms with Crippen LogP contribution in [0.5, 0.6) is 5.75 Å². The van der Waals surface area contributed by atoms with Crippen LogP contribution in [0.2, 0.25) is 0 Å². The van der Waals surface area contributed by atoms with Crippen LogP contribution in [0.4, 0.5) is 4.79 Å². The number of nitrogens with one attached hydrogen (secondary N) is 2. The molecule has 0 unspecified atom stereocenters. The van der Waals surface area contributed by atoms with Crippen molar-refractivity contribution in [1.29, 1.82) is 0 Å². The molecule has 8 heteroatoms. The standard InChI is InChI=1S/C14H12N3O4.Hg/c1-15-14(19)21-12-4-2-3-9(6-12)10-5-11(8-16-7-10)13(18)17-20;/h2-8,20H,1H2,(H,15,19)(H,17,18);. The Bertz CT molecular complexity index is 693. The predicted molar refractivity (Wildman–Crippen MR) is 73.0 cm³/mol. The molecule has 22 heavy (non-hydrogen) atoms. The van der Waals surface area contributed by atoms with Crippen molar-refractivity contribution >= 4 is 12.0 Å². The number of carbonyl (C=O) groups is 2. The summed E-state index contributed by atoms with van der Waals surface area (Å²) in [4.78, 5) is 26.8. The third-order valence-corrected chi connectivity index (χ3v) is 3.72. The molecule has 0 atom stereocenters. The fourth-order valence-corrected chi connectivity index (χ4v) is 2.56. The molecule has 0 fully saturated rings. The molecule has 0 aliphatic carbocycles. The van der Waals surface area contributed by atoms with Gasteiger partial charge >= 0.3 is 137 Å². The molecule has 109 valence electrons. The quantitative estimate of drug-likeness (QED) is 0.345. The molecule has 0 spiro atoms. The topological polar surface area (TPSA) is 101 Å². The fourth-order valence-electron chi connectivity index (χ4n) is 1.77. The first-order chi connectivity index (χ1) is 10.6. The number of amides is 2. The summed E-state index contributed by atoms with van der Waals surface area (Å²) in [6.07, 6.45) is 2.43. The van der Waals surface area contributed by atoms with Gasteiger partial charge in [-0.1, -0.05) is 0 Å². The van der Waals surface area contributed by atoms with E-state index in [4.69, 9.17) is 9.94 Å². The molecule has 0 aliphatic heterocycles. The minimum absolute atomic E-state index is 0.224. The molecule has 2 rings (SSSR count). The summed E-state index contributed by atoms with van der Waals surface area (Å²) in [5.41, 5.74) is 3.18. The number of nitrogens with zero attached hydrogens (tertiary/aromatic N) is 1. The number of hydrogen-bond donors (Lipinski definition) is 3. The van der Waals surface area contributed by atoms with E-state index in [-0.39, 0.29) is 5.56 Å². The Morgan fingerprint density at radius 2 is 2.05 bits per heavy atom. The minimum atomic E-state index is -0.644. The van der Waals surface area contributed by atoms with Gasteiger partial charge in [-0.3, -0.25) is 5.21 Å². The van der Waals surface area contributed by atoms with Gasteiger partial charge in [0.1, 0.15) is 0 Å². The second-order valence-corrected chi connectivity index (χ2v) is 6.19. The van der Waals surface area contributed by atoms with Crippen molar-refractivity contribution in [2.24, 2.45) is 0 Å². The molecule has 1 aromatic carbocycles. The van der Waals surface area contributed by atoms with E-state index in [1.807, 2.05) is 0 Å². The van der Waals surface area contributed by atoms with Crippen LogP contribution in [-0.2, 0) is 26.1 Å². The fraction of sp³-hybridized carbons (Fsp3) is 0.0714. The van der Waals surface area contributed by atoms with E-state index in [1.54, 1.807) is 42.0 Å². The first-order valence-electron chi connectivity index (χ1n) is 6.39. The van der Waals surface area contributed by atoms with Crippen molar-refractivity contribution in [2.45, 2.75) is 0 Å². The predicted octanol–water partition coefficient (Wildman–Crippen LogP) is 1.46. The van der Waals surface area contributed by atoms with Gasteiger partial charge in [-0.25, -0.2) is 0 Å². The van der Waals surface area contributed by atoms with Crippen molar-refractivity contribution in [1.82, 2.24) is 15.8 Å². The van der Waals surface area contributed by atoms with Crippen LogP contribution in [0.25, 0.3) is 11.1 Å². The average molecular weight is 487 g/mol. The monoisotopic (exact) mass is 488 g/mol. The van der Waals surface area contributed by atoms with Crippen LogP contribution < -0.4 is 15.5 Å². The van der Waals surface area contributed by atoms with Gasteiger partial charge in [0.2, 0.25) is 0 Å². The van der Waals surface area contributed by atoms with Crippen molar-refractivity contribution in [3.05, 3.63) is 48.3 Å². The van der Waals surface area contributed by atoms with E-state index in [0.29, 0.717) is 41.5 Å². The molecular formula is C14H12HgN3O4. The zero-order chi connectivity index (χ0) is 15.9. The summed E-state index contributed by atoms with van der Waals surface area (Å²) in [6, 6.07) is 8.46. The molecule has 3 N–H and O–H groups in total. The van der Waals surface area contributed by atoms with Crippen molar-refractivity contribution in [3.63, 3.8) is 0 Å². The Balaban J connectivity index is 2.26. The van der Waals surface area contributed by atoms with E-state index < -0.39 is 12.0 Å². The number of hydroxylamine groups is 1. The number of hydrogen-bond acceptors (Lipinski definition) is 5. The molecule has 1 aromatic heterocycles. The van der Waals surface area contributed by atoms with E-state index in [0.717, 1.165) is 5.56 Å². The summed E-state index contributed by atoms with van der Waals surface area (Å²) in [5.74, 6) is -0.247. The molecule has 0 aliphatic rings. The van der Waals surface area contributed by atoms with E-state index in [9.17, 15) is 9.59 Å². The van der Waals surface area contributed by atoms with Crippen molar-refractivity contribution in [2.75, 3.05) is 4.05 Å². The van der Waals surface area contributed by atoms with Gasteiger partial charge in [-0.05, 0) is 0 Å². The number of benzene rings is 1. The Labute approximate surface area is 142 Å². The van der Waals surface area contributed by atoms with Gasteiger partial charge in [0.25, 0.3) is 0 Å². The maximum absolute atomic E-state index is 11.4. The first kappa shape index (κ1) is 16.4. The van der Waals surface area contributed by atoms with Crippen LogP contribution >= 0.6 is 0 Å². The summed E-state index contributed by atoms with van der Waals surface area (Å²) < 4.78 is 5.82. The normalized spacial score (nSPS) is 9.95. The SMILES string of the molecule is O=C(N[CH2][Hg])Oc1cccc(-c2cncc(C(=O)NO)c2)c1. The zero-order valence-corrected chi connectivity index (χ0v) is 17.1. The molecular weight excluding hydrogens is 475 g/mol. The van der Waals surface area contributed by atoms with Gasteiger partial charge < -0.3 is 0 Å². The zero-order valence-electron chi connectivity index (χ0n) is 11.6. The van der Waals surface area contributed by atoms with Gasteiger partial charge in [0, 0.05) is 0 Å². The van der Waals surface area contributed by atoms with Crippen molar-refractivity contribution < 1.29 is 45.7 Å². The van der Waals surface area contributed by atoms with Crippen LogP contribution in [0, 0.1) is 0 Å². The number of aromatic nitrogens is 1. The van der Waals surface area contributed by atoms with E-state index in [2.05, 4.69) is 10.3 Å². The summed E-state index contributed by atoms with van der Waals surface area (Å²) >= 11 is 0.474. The summed E-state index contributed by atoms with van der Waals surface area (Å²) in [6.45, 7) is 0. The van der Waals surface area contributed by atoms with Crippen LogP contribution in [0.1, 0.15) is 10.4 Å². The third-order valence-electron chi connectivity index (χ3n) is 2.75. The number of ether oxygens (including phenoxy) is 1. The second-order valence-electron chi connectivity index (χ2n) is 4.25. The Morgan fingerprint density at radius 3 is 2.77 bits per heavy atom. The average Bonchev–Trinajstić information content (AvgIpc) is 2.54. The van der Waals surface area contributed by atoms with Crippen molar-refractivity contribution in [3.8, 4) is 16.9 Å². The molecule has 7 nitrogen and oxygen atoms in total. The van der Waals surface area contributed by atoms with Gasteiger partial charge in [0.15, 0.2) is 0 Å². The molecule has 0 saturated carbocycles. The molecule has 0 bridgehead atoms. The van der Waals surface area contributed by atoms with Crippen LogP contribution in [-0.4, -0.2) is 26.2 Å². The second kappa shape index (κ2) is 7.86. The molecule has 0 radical (unpaired) electrons. The Hall–Kier alpha value is -1.99. The molecule has 1 heterocycles. The maximum atomic E-state index is 11.4. The van der Waals surface area contributed by atoms with Crippen LogP contribution in [0.3, 0.4) is 0 Å². The van der Waals surface area contributed by atoms with E-state index in [1.165, 1.54) is 6.20 Å². The molecule has 2 aromatic rings. The Kier molecular flexibility index (Phi) is 5.85. The van der Waals surface area contributed by atoms with Gasteiger partial charge in [0.05, 0.1) is 0 Å². The van der Waals surface area contributed by atoms with Gasteiger partial charge in [-0.2, -0.15) is 0 Å². The third kappa shape index (κ3) is 4.25. The number of carbonyl (C=O) groups excluding carboxylic acids is 2. The number of pyridine rings is 1. The molecule has 2 amide bonds. The van der Waals surface area contributed by atoms with Crippen LogP contribution in [0.15, 0.2) is 42.7 Å². The Morgan fingerprint density at radius 1 is 1.23 bits per heavy atom. The first-order valence-corrected chi connectivity index (χ1v) is 10.3. The van der Waals surface area contributed by atoms with E-state index >= 15 is 0 Å². The summed E-state index contributed by atoms with van der Waals surface area (Å²) in [5, 5.41) is 11.3. The number of rotatable bonds is 4. The molecule has 0 saturated heterocycles.